The van der Waals surface area contributed by atoms with E-state index in [1.807, 2.05) is 0 Å². The monoisotopic (exact) mass is 382 g/mol. The predicted octanol–water partition coefficient (Wildman–Crippen LogP) is 4.51. The van der Waals surface area contributed by atoms with Gasteiger partial charge in [0.05, 0.1) is 21.3 Å². The summed E-state index contributed by atoms with van der Waals surface area (Å²) < 4.78 is 56.1. The summed E-state index contributed by atoms with van der Waals surface area (Å²) >= 11 is 0. The molecule has 0 amide bonds. The number of carbonyl (C=O) groups is 1. The number of rotatable bonds is 7. The first kappa shape index (κ1) is 20.2. The van der Waals surface area contributed by atoms with Gasteiger partial charge in [0.1, 0.15) is 5.75 Å². The van der Waals surface area contributed by atoms with Gasteiger partial charge >= 0.3 is 6.36 Å². The Balaban J connectivity index is 2.31. The van der Waals surface area contributed by atoms with Crippen molar-refractivity contribution in [2.45, 2.75) is 6.36 Å². The number of halogens is 3. The Morgan fingerprint density at radius 1 is 0.889 bits per heavy atom. The molecule has 2 aromatic carbocycles. The number of ether oxygens (including phenoxy) is 4. The van der Waals surface area contributed by atoms with Gasteiger partial charge in [0.15, 0.2) is 17.3 Å². The molecule has 2 aromatic rings. The number of carbonyl (C=O) groups excluding carboxylic acids is 1. The van der Waals surface area contributed by atoms with Gasteiger partial charge in [0, 0.05) is 11.1 Å². The molecule has 0 aliphatic heterocycles. The summed E-state index contributed by atoms with van der Waals surface area (Å²) in [6, 6.07) is 7.79. The summed E-state index contributed by atoms with van der Waals surface area (Å²) in [7, 11) is 4.27. The molecule has 0 spiro atoms. The van der Waals surface area contributed by atoms with Crippen molar-refractivity contribution in [2.24, 2.45) is 0 Å². The number of ketones is 1. The number of alkyl halides is 3. The zero-order valence-corrected chi connectivity index (χ0v) is 14.8. The molecule has 0 N–H and O–H groups in total. The highest BCUT2D eigenvalue weighted by Crippen LogP contribution is 2.39. The Kier molecular flexibility index (Phi) is 5.99. The molecule has 0 radical (unpaired) electrons. The smallest absolute Gasteiger partial charge is 0.493 e. The van der Waals surface area contributed by atoms with Crippen LogP contribution in [0.4, 0.5) is 13.2 Å². The van der Waals surface area contributed by atoms with Crippen molar-refractivity contribution < 1.29 is 36.9 Å². The van der Waals surface area contributed by atoms with Gasteiger partial charge in [0.25, 0.3) is 0 Å². The third-order valence-corrected chi connectivity index (χ3v) is 3.64. The lowest BCUT2D eigenvalue weighted by molar-refractivity contribution is -0.274. The number of methoxy groups -OCH3 is 3. The van der Waals surface area contributed by atoms with Crippen LogP contribution >= 0.6 is 0 Å². The van der Waals surface area contributed by atoms with Crippen molar-refractivity contribution in [1.29, 1.82) is 0 Å². The maximum absolute atomic E-state index is 12.7. The number of hydrogen-bond donors (Lipinski definition) is 0. The summed E-state index contributed by atoms with van der Waals surface area (Å²) in [6.45, 7) is 3.73. The van der Waals surface area contributed by atoms with Gasteiger partial charge in [-0.2, -0.15) is 0 Å². The molecule has 144 valence electrons. The quantitative estimate of drug-likeness (QED) is 0.521. The standard InChI is InChI=1S/C19H17F3O5/c1-11(12-5-7-14(8-6-12)27-19(20,21)22)17(23)13-9-15(24-2)18(26-4)16(10-13)25-3/h5-10H,1H2,2-4H3. The van der Waals surface area contributed by atoms with Crippen LogP contribution in [-0.4, -0.2) is 33.5 Å². The van der Waals surface area contributed by atoms with E-state index in [1.54, 1.807) is 0 Å². The van der Waals surface area contributed by atoms with E-state index in [0.717, 1.165) is 12.1 Å². The first-order chi connectivity index (χ1) is 12.7. The van der Waals surface area contributed by atoms with E-state index < -0.39 is 12.1 Å². The normalized spacial score (nSPS) is 10.9. The SMILES string of the molecule is C=C(C(=O)c1cc(OC)c(OC)c(OC)c1)c1ccc(OC(F)(F)F)cc1. The van der Waals surface area contributed by atoms with Crippen molar-refractivity contribution in [3.05, 3.63) is 54.1 Å². The van der Waals surface area contributed by atoms with Crippen molar-refractivity contribution in [1.82, 2.24) is 0 Å². The Morgan fingerprint density at radius 3 is 1.81 bits per heavy atom. The van der Waals surface area contributed by atoms with E-state index in [4.69, 9.17) is 14.2 Å². The average molecular weight is 382 g/mol. The zero-order chi connectivity index (χ0) is 20.2. The molecule has 0 heterocycles. The Hall–Kier alpha value is -3.16. The minimum Gasteiger partial charge on any atom is -0.493 e. The molecule has 5 nitrogen and oxygen atoms in total. The molecular formula is C19H17F3O5. The van der Waals surface area contributed by atoms with Crippen molar-refractivity contribution in [2.75, 3.05) is 21.3 Å². The third-order valence-electron chi connectivity index (χ3n) is 3.64. The molecule has 0 aromatic heterocycles. The van der Waals surface area contributed by atoms with Crippen molar-refractivity contribution >= 4 is 11.4 Å². The molecule has 27 heavy (non-hydrogen) atoms. The van der Waals surface area contributed by atoms with Crippen LogP contribution in [0.5, 0.6) is 23.0 Å². The topological polar surface area (TPSA) is 54.0 Å². The van der Waals surface area contributed by atoms with Gasteiger partial charge < -0.3 is 18.9 Å². The molecule has 2 rings (SSSR count). The number of Topliss-reactive ketones (excluding diaryl/α,β-unsaturated/α-hetero) is 1. The highest BCUT2D eigenvalue weighted by Gasteiger charge is 2.31. The first-order valence-corrected chi connectivity index (χ1v) is 7.60. The molecule has 0 saturated carbocycles. The fourth-order valence-corrected chi connectivity index (χ4v) is 2.38. The van der Waals surface area contributed by atoms with E-state index in [0.29, 0.717) is 22.8 Å². The summed E-state index contributed by atoms with van der Waals surface area (Å²) in [5.74, 6) is 0.0812. The maximum Gasteiger partial charge on any atom is 0.573 e. The van der Waals surface area contributed by atoms with Crippen LogP contribution < -0.4 is 18.9 Å². The summed E-state index contributed by atoms with van der Waals surface area (Å²) in [4.78, 5) is 12.7. The number of allylic oxidation sites excluding steroid dienone is 1. The number of benzene rings is 2. The van der Waals surface area contributed by atoms with Crippen LogP contribution in [0.2, 0.25) is 0 Å². The van der Waals surface area contributed by atoms with Crippen molar-refractivity contribution in [3.63, 3.8) is 0 Å². The third kappa shape index (κ3) is 4.72. The molecule has 0 saturated heterocycles. The minimum atomic E-state index is -4.79. The molecule has 0 aliphatic carbocycles. The predicted molar refractivity (Wildman–Crippen MR) is 92.6 cm³/mol. The van der Waals surface area contributed by atoms with E-state index >= 15 is 0 Å². The average Bonchev–Trinajstić information content (AvgIpc) is 2.64. The van der Waals surface area contributed by atoms with E-state index in [2.05, 4.69) is 11.3 Å². The molecule has 0 fully saturated rings. The van der Waals surface area contributed by atoms with Crippen LogP contribution in [0.1, 0.15) is 15.9 Å². The lowest BCUT2D eigenvalue weighted by Crippen LogP contribution is -2.17. The molecule has 0 bridgehead atoms. The fourth-order valence-electron chi connectivity index (χ4n) is 2.38. The summed E-state index contributed by atoms with van der Waals surface area (Å²) in [5, 5.41) is 0. The van der Waals surface area contributed by atoms with Gasteiger partial charge in [-0.15, -0.1) is 13.2 Å². The lowest BCUT2D eigenvalue weighted by atomic mass is 9.97. The molecule has 0 aliphatic rings. The highest BCUT2D eigenvalue weighted by molar-refractivity contribution is 6.28. The second-order valence-corrected chi connectivity index (χ2v) is 5.29. The molecular weight excluding hydrogens is 365 g/mol. The highest BCUT2D eigenvalue weighted by atomic mass is 19.4. The summed E-state index contributed by atoms with van der Waals surface area (Å²) in [5.41, 5.74) is 0.663. The van der Waals surface area contributed by atoms with E-state index in [-0.39, 0.29) is 16.9 Å². The Morgan fingerprint density at radius 2 is 1.41 bits per heavy atom. The van der Waals surface area contributed by atoms with E-state index in [1.165, 1.54) is 45.6 Å². The Bertz CT molecular complexity index is 816. The van der Waals surface area contributed by atoms with Crippen LogP contribution in [0.3, 0.4) is 0 Å². The largest absolute Gasteiger partial charge is 0.573 e. The zero-order valence-electron chi connectivity index (χ0n) is 14.8. The fraction of sp³-hybridized carbons (Fsp3) is 0.211. The van der Waals surface area contributed by atoms with Crippen LogP contribution in [0.15, 0.2) is 43.0 Å². The van der Waals surface area contributed by atoms with Gasteiger partial charge in [-0.1, -0.05) is 18.7 Å². The van der Waals surface area contributed by atoms with Crippen molar-refractivity contribution in [3.8, 4) is 23.0 Å². The summed E-state index contributed by atoms with van der Waals surface area (Å²) in [6.07, 6.45) is -4.79. The molecule has 8 heteroatoms. The molecule has 0 atom stereocenters. The molecule has 0 unspecified atom stereocenters. The second-order valence-electron chi connectivity index (χ2n) is 5.29. The van der Waals surface area contributed by atoms with E-state index in [9.17, 15) is 18.0 Å². The Labute approximate surface area is 153 Å². The lowest BCUT2D eigenvalue weighted by Gasteiger charge is -2.14. The minimum absolute atomic E-state index is 0.0860. The maximum atomic E-state index is 12.7. The van der Waals surface area contributed by atoms with Crippen LogP contribution in [0, 0.1) is 0 Å². The van der Waals surface area contributed by atoms with Gasteiger partial charge in [-0.3, -0.25) is 4.79 Å². The van der Waals surface area contributed by atoms with Gasteiger partial charge in [0.2, 0.25) is 5.75 Å². The second kappa shape index (κ2) is 8.03. The van der Waals surface area contributed by atoms with Gasteiger partial charge in [-0.05, 0) is 29.8 Å². The van der Waals surface area contributed by atoms with Gasteiger partial charge in [-0.25, -0.2) is 0 Å². The van der Waals surface area contributed by atoms with Crippen LogP contribution in [0.25, 0.3) is 5.57 Å². The first-order valence-electron chi connectivity index (χ1n) is 7.60. The number of hydrogen-bond acceptors (Lipinski definition) is 5. The van der Waals surface area contributed by atoms with Crippen LogP contribution in [-0.2, 0) is 0 Å².